The van der Waals surface area contributed by atoms with E-state index in [4.69, 9.17) is 5.11 Å². The molecule has 1 aromatic carbocycles. The molecule has 0 bridgehead atoms. The summed E-state index contributed by atoms with van der Waals surface area (Å²) in [6.45, 7) is 5.92. The van der Waals surface area contributed by atoms with Gasteiger partial charge in [0.05, 0.1) is 24.3 Å². The van der Waals surface area contributed by atoms with Crippen LogP contribution in [0.15, 0.2) is 36.4 Å². The molecule has 0 saturated heterocycles. The van der Waals surface area contributed by atoms with Gasteiger partial charge in [-0.15, -0.1) is 0 Å². The van der Waals surface area contributed by atoms with E-state index in [1.807, 2.05) is 26.8 Å². The van der Waals surface area contributed by atoms with E-state index in [2.05, 4.69) is 4.98 Å². The van der Waals surface area contributed by atoms with Crippen molar-refractivity contribution in [1.29, 1.82) is 0 Å². The van der Waals surface area contributed by atoms with Gasteiger partial charge in [-0.25, -0.2) is 4.39 Å². The number of halogens is 1. The van der Waals surface area contributed by atoms with E-state index < -0.39 is 24.6 Å². The van der Waals surface area contributed by atoms with Crippen molar-refractivity contribution in [2.24, 2.45) is 0 Å². The lowest BCUT2D eigenvalue weighted by Gasteiger charge is -2.17. The van der Waals surface area contributed by atoms with Crippen LogP contribution in [0.3, 0.4) is 0 Å². The normalized spacial score (nSPS) is 13.8. The summed E-state index contributed by atoms with van der Waals surface area (Å²) in [5.41, 5.74) is 4.17. The van der Waals surface area contributed by atoms with Crippen molar-refractivity contribution in [2.75, 3.05) is 0 Å². The average Bonchev–Trinajstić information content (AvgIpc) is 2.59. The summed E-state index contributed by atoms with van der Waals surface area (Å²) < 4.78 is 13.3. The summed E-state index contributed by atoms with van der Waals surface area (Å²) in [6.07, 6.45) is 0.626. The highest BCUT2D eigenvalue weighted by molar-refractivity contribution is 5.77. The molecule has 2 rings (SSSR count). The molecule has 0 aliphatic heterocycles. The van der Waals surface area contributed by atoms with E-state index in [0.29, 0.717) is 0 Å². The van der Waals surface area contributed by atoms with E-state index in [-0.39, 0.29) is 18.2 Å². The first-order chi connectivity index (χ1) is 13.2. The predicted molar refractivity (Wildman–Crippen MR) is 106 cm³/mol. The molecule has 0 aliphatic rings. The number of hydrogen-bond donors (Lipinski definition) is 3. The maximum absolute atomic E-state index is 13.3. The van der Waals surface area contributed by atoms with Crippen molar-refractivity contribution in [3.8, 4) is 11.1 Å². The number of carbonyl (C=O) groups is 1. The summed E-state index contributed by atoms with van der Waals surface area (Å²) in [5.74, 6) is -1.32. The molecule has 0 spiro atoms. The Morgan fingerprint density at radius 2 is 1.86 bits per heavy atom. The third-order valence-corrected chi connectivity index (χ3v) is 4.33. The van der Waals surface area contributed by atoms with Crippen molar-refractivity contribution in [2.45, 2.75) is 51.7 Å². The second-order valence-electron chi connectivity index (χ2n) is 7.19. The van der Waals surface area contributed by atoms with Gasteiger partial charge in [-0.3, -0.25) is 9.78 Å². The van der Waals surface area contributed by atoms with Crippen LogP contribution in [0.4, 0.5) is 4.39 Å². The zero-order chi connectivity index (χ0) is 20.8. The van der Waals surface area contributed by atoms with Crippen LogP contribution in [0.5, 0.6) is 0 Å². The average molecular weight is 387 g/mol. The Morgan fingerprint density at radius 1 is 1.21 bits per heavy atom. The number of carboxylic acid groups (broad SMARTS) is 1. The minimum atomic E-state index is -1.13. The molecular weight excluding hydrogens is 361 g/mol. The van der Waals surface area contributed by atoms with Crippen LogP contribution < -0.4 is 0 Å². The molecule has 0 fully saturated rings. The highest BCUT2D eigenvalue weighted by Gasteiger charge is 2.16. The quantitative estimate of drug-likeness (QED) is 0.639. The molecular formula is C22H26FNO4. The molecule has 0 unspecified atom stereocenters. The highest BCUT2D eigenvalue weighted by Crippen LogP contribution is 2.31. The van der Waals surface area contributed by atoms with Gasteiger partial charge in [0.15, 0.2) is 0 Å². The van der Waals surface area contributed by atoms with Crippen molar-refractivity contribution < 1.29 is 24.5 Å². The monoisotopic (exact) mass is 387 g/mol. The van der Waals surface area contributed by atoms with Gasteiger partial charge in [0.25, 0.3) is 0 Å². The van der Waals surface area contributed by atoms with E-state index in [1.54, 1.807) is 18.2 Å². The van der Waals surface area contributed by atoms with Crippen molar-refractivity contribution >= 4 is 12.0 Å². The van der Waals surface area contributed by atoms with Crippen LogP contribution in [-0.2, 0) is 4.79 Å². The number of aromatic nitrogens is 1. The van der Waals surface area contributed by atoms with Crippen LogP contribution in [0.25, 0.3) is 17.2 Å². The Balaban J connectivity index is 2.40. The predicted octanol–water partition coefficient (Wildman–Crippen LogP) is 3.92. The lowest BCUT2D eigenvalue weighted by molar-refractivity contribution is -0.139. The third-order valence-electron chi connectivity index (χ3n) is 4.33. The molecule has 0 aliphatic carbocycles. The number of nitrogens with zero attached hydrogens (tertiary/aromatic N) is 1. The van der Waals surface area contributed by atoms with Gasteiger partial charge >= 0.3 is 5.97 Å². The zero-order valence-electron chi connectivity index (χ0n) is 16.3. The van der Waals surface area contributed by atoms with Crippen LogP contribution in [-0.4, -0.2) is 38.5 Å². The fourth-order valence-corrected chi connectivity index (χ4v) is 3.04. The second kappa shape index (κ2) is 9.57. The van der Waals surface area contributed by atoms with Crippen molar-refractivity contribution in [1.82, 2.24) is 4.98 Å². The van der Waals surface area contributed by atoms with Gasteiger partial charge in [0, 0.05) is 17.7 Å². The van der Waals surface area contributed by atoms with E-state index in [0.717, 1.165) is 28.1 Å². The Labute approximate surface area is 164 Å². The standard InChI is InChI=1S/C22H26FNO4/c1-13(2)22-19(9-8-17(25)11-18(26)12-21(27)28)20(10-14(3)24-22)15-4-6-16(23)7-5-15/h4-10,13,17-18,25-26H,11-12H2,1-3H3,(H,27,28)/b9-8+/t17-,18-/m0/s1. The molecule has 1 aromatic heterocycles. The lowest BCUT2D eigenvalue weighted by Crippen LogP contribution is -2.19. The van der Waals surface area contributed by atoms with Gasteiger partial charge in [-0.2, -0.15) is 0 Å². The highest BCUT2D eigenvalue weighted by atomic mass is 19.1. The Morgan fingerprint density at radius 3 is 2.43 bits per heavy atom. The fraction of sp³-hybridized carbons (Fsp3) is 0.364. The van der Waals surface area contributed by atoms with Gasteiger partial charge in [-0.1, -0.05) is 38.1 Å². The van der Waals surface area contributed by atoms with Crippen LogP contribution in [0.2, 0.25) is 0 Å². The SMILES string of the molecule is Cc1cc(-c2ccc(F)cc2)c(/C=C/[C@H](O)C[C@H](O)CC(=O)O)c(C(C)C)n1. The molecule has 5 nitrogen and oxygen atoms in total. The number of rotatable bonds is 8. The van der Waals surface area contributed by atoms with E-state index in [1.165, 1.54) is 18.2 Å². The fourth-order valence-electron chi connectivity index (χ4n) is 3.04. The van der Waals surface area contributed by atoms with Crippen molar-refractivity contribution in [3.05, 3.63) is 59.2 Å². The topological polar surface area (TPSA) is 90.7 Å². The summed E-state index contributed by atoms with van der Waals surface area (Å²) in [6, 6.07) is 8.08. The first-order valence-electron chi connectivity index (χ1n) is 9.21. The number of hydrogen-bond acceptors (Lipinski definition) is 4. The summed E-state index contributed by atoms with van der Waals surface area (Å²) in [5, 5.41) is 28.6. The molecule has 6 heteroatoms. The van der Waals surface area contributed by atoms with Crippen LogP contribution >= 0.6 is 0 Å². The number of aryl methyl sites for hydroxylation is 1. The largest absolute Gasteiger partial charge is 0.481 e. The number of aliphatic hydroxyl groups excluding tert-OH is 2. The molecule has 0 radical (unpaired) electrons. The van der Waals surface area contributed by atoms with E-state index in [9.17, 15) is 19.4 Å². The Bertz CT molecular complexity index is 846. The number of benzene rings is 1. The van der Waals surface area contributed by atoms with E-state index >= 15 is 0 Å². The Hall–Kier alpha value is -2.57. The molecule has 2 aromatic rings. The van der Waals surface area contributed by atoms with Crippen LogP contribution in [0.1, 0.15) is 49.6 Å². The first-order valence-corrected chi connectivity index (χ1v) is 9.21. The second-order valence-corrected chi connectivity index (χ2v) is 7.19. The summed E-state index contributed by atoms with van der Waals surface area (Å²) in [7, 11) is 0. The Kier molecular flexibility index (Phi) is 7.43. The van der Waals surface area contributed by atoms with Gasteiger partial charge < -0.3 is 15.3 Å². The molecule has 0 amide bonds. The first kappa shape index (κ1) is 21.7. The molecule has 28 heavy (non-hydrogen) atoms. The molecule has 2 atom stereocenters. The smallest absolute Gasteiger partial charge is 0.305 e. The molecule has 3 N–H and O–H groups in total. The van der Waals surface area contributed by atoms with Gasteiger partial charge in [0.2, 0.25) is 0 Å². The number of pyridine rings is 1. The molecule has 150 valence electrons. The number of aliphatic hydroxyl groups is 2. The number of aliphatic carboxylic acids is 1. The van der Waals surface area contributed by atoms with Gasteiger partial charge in [0.1, 0.15) is 5.82 Å². The minimum Gasteiger partial charge on any atom is -0.481 e. The van der Waals surface area contributed by atoms with Crippen LogP contribution in [0, 0.1) is 12.7 Å². The maximum atomic E-state index is 13.3. The van der Waals surface area contributed by atoms with Gasteiger partial charge in [-0.05, 0) is 42.2 Å². The zero-order valence-corrected chi connectivity index (χ0v) is 16.3. The summed E-state index contributed by atoms with van der Waals surface area (Å²) >= 11 is 0. The maximum Gasteiger partial charge on any atom is 0.305 e. The molecule has 0 saturated carbocycles. The van der Waals surface area contributed by atoms with Crippen molar-refractivity contribution in [3.63, 3.8) is 0 Å². The number of carboxylic acids is 1. The lowest BCUT2D eigenvalue weighted by atomic mass is 9.93. The summed E-state index contributed by atoms with van der Waals surface area (Å²) in [4.78, 5) is 15.3. The third kappa shape index (κ3) is 5.97. The molecule has 1 heterocycles. The minimum absolute atomic E-state index is 0.0784.